The van der Waals surface area contributed by atoms with Crippen LogP contribution < -0.4 is 5.32 Å². The summed E-state index contributed by atoms with van der Waals surface area (Å²) in [5, 5.41) is 13.8. The second kappa shape index (κ2) is 4.22. The third-order valence-electron chi connectivity index (χ3n) is 3.47. The molecule has 0 radical (unpaired) electrons. The summed E-state index contributed by atoms with van der Waals surface area (Å²) in [5.74, 6) is 1.47. The van der Waals surface area contributed by atoms with Gasteiger partial charge in [-0.25, -0.2) is 0 Å². The van der Waals surface area contributed by atoms with E-state index in [1.165, 1.54) is 0 Å². The van der Waals surface area contributed by atoms with Crippen molar-refractivity contribution in [3.8, 4) is 0 Å². The number of nitrogens with one attached hydrogen (secondary N) is 2. The lowest BCUT2D eigenvalue weighted by atomic mass is 9.89. The Morgan fingerprint density at radius 3 is 2.95 bits per heavy atom. The maximum Gasteiger partial charge on any atom is 0.226 e. The molecule has 0 unspecified atom stereocenters. The number of rotatable bonds is 2. The number of aromatic nitrogens is 3. The fourth-order valence-corrected chi connectivity index (χ4v) is 2.41. The van der Waals surface area contributed by atoms with E-state index in [0.29, 0.717) is 18.2 Å². The van der Waals surface area contributed by atoms with E-state index in [4.69, 9.17) is 4.52 Å². The largest absolute Gasteiger partial charge is 0.360 e. The van der Waals surface area contributed by atoms with Gasteiger partial charge in [0.25, 0.3) is 0 Å². The van der Waals surface area contributed by atoms with E-state index in [9.17, 15) is 4.79 Å². The van der Waals surface area contributed by atoms with Crippen molar-refractivity contribution in [3.05, 3.63) is 28.8 Å². The van der Waals surface area contributed by atoms with Crippen LogP contribution in [0, 0.1) is 6.92 Å². The molecule has 2 N–H and O–H groups in total. The number of anilines is 1. The minimum absolute atomic E-state index is 0.0495. The van der Waals surface area contributed by atoms with Crippen molar-refractivity contribution in [2.45, 2.75) is 39.0 Å². The number of H-pyrrole nitrogens is 1. The number of aryl methyl sites for hydroxylation is 1. The first-order valence-corrected chi connectivity index (χ1v) is 6.37. The second-order valence-electron chi connectivity index (χ2n) is 5.22. The zero-order chi connectivity index (χ0) is 13.6. The summed E-state index contributed by atoms with van der Waals surface area (Å²) in [4.78, 5) is 11.7. The van der Waals surface area contributed by atoms with Crippen LogP contribution in [0.15, 0.2) is 10.6 Å². The van der Waals surface area contributed by atoms with Crippen LogP contribution in [0.3, 0.4) is 0 Å². The molecule has 0 aliphatic carbocycles. The first-order chi connectivity index (χ1) is 9.06. The minimum Gasteiger partial charge on any atom is -0.360 e. The van der Waals surface area contributed by atoms with Gasteiger partial charge in [0, 0.05) is 23.7 Å². The van der Waals surface area contributed by atoms with Gasteiger partial charge in [-0.3, -0.25) is 9.89 Å². The molecule has 3 heterocycles. The van der Waals surface area contributed by atoms with Crippen molar-refractivity contribution < 1.29 is 9.32 Å². The van der Waals surface area contributed by atoms with E-state index < -0.39 is 0 Å². The summed E-state index contributed by atoms with van der Waals surface area (Å²) in [6.45, 7) is 6.06. The highest BCUT2D eigenvalue weighted by Crippen LogP contribution is 2.38. The monoisotopic (exact) mass is 260 g/mol. The van der Waals surface area contributed by atoms with Crippen LogP contribution in [0.1, 0.15) is 54.8 Å². The Kier molecular flexibility index (Phi) is 2.66. The summed E-state index contributed by atoms with van der Waals surface area (Å²) in [7, 11) is 0. The van der Waals surface area contributed by atoms with Crippen LogP contribution in [-0.4, -0.2) is 21.3 Å². The Balaban J connectivity index is 2.04. The van der Waals surface area contributed by atoms with Crippen molar-refractivity contribution in [1.29, 1.82) is 0 Å². The zero-order valence-electron chi connectivity index (χ0n) is 11.2. The number of amides is 1. The van der Waals surface area contributed by atoms with Gasteiger partial charge in [-0.15, -0.1) is 0 Å². The maximum absolute atomic E-state index is 11.7. The molecule has 6 nitrogen and oxygen atoms in total. The Hall–Kier alpha value is -2.11. The summed E-state index contributed by atoms with van der Waals surface area (Å²) in [5.41, 5.74) is 2.84. The minimum atomic E-state index is -0.109. The van der Waals surface area contributed by atoms with Gasteiger partial charge in [0.15, 0.2) is 5.82 Å². The number of hydrogen-bond acceptors (Lipinski definition) is 4. The van der Waals surface area contributed by atoms with Gasteiger partial charge in [0.2, 0.25) is 5.91 Å². The van der Waals surface area contributed by atoms with Gasteiger partial charge in [0.1, 0.15) is 5.76 Å². The first-order valence-electron chi connectivity index (χ1n) is 6.37. The standard InChI is InChI=1S/C13H16N4O2/c1-6(2)9-5-10(19-17-9)8-4-11(18)14-13-12(8)7(3)15-16-13/h5-6,8H,4H2,1-3H3,(H2,14,15,16,18)/t8-/m1/s1. The lowest BCUT2D eigenvalue weighted by Gasteiger charge is -2.19. The Labute approximate surface area is 110 Å². The van der Waals surface area contributed by atoms with Gasteiger partial charge in [-0.1, -0.05) is 19.0 Å². The van der Waals surface area contributed by atoms with Crippen LogP contribution in [0.5, 0.6) is 0 Å². The molecule has 1 atom stereocenters. The van der Waals surface area contributed by atoms with Crippen molar-refractivity contribution >= 4 is 11.7 Å². The Bertz CT molecular complexity index is 626. The molecule has 1 aliphatic rings. The molecule has 1 aliphatic heterocycles. The average Bonchev–Trinajstić information content (AvgIpc) is 2.96. The van der Waals surface area contributed by atoms with E-state index in [-0.39, 0.29) is 11.8 Å². The molecule has 0 fully saturated rings. The molecule has 6 heteroatoms. The Morgan fingerprint density at radius 1 is 1.47 bits per heavy atom. The van der Waals surface area contributed by atoms with E-state index in [1.54, 1.807) is 0 Å². The predicted molar refractivity (Wildman–Crippen MR) is 69.0 cm³/mol. The van der Waals surface area contributed by atoms with Gasteiger partial charge < -0.3 is 9.84 Å². The van der Waals surface area contributed by atoms with Gasteiger partial charge in [-0.2, -0.15) is 5.10 Å². The normalized spacial score (nSPS) is 18.5. The molecule has 0 aromatic carbocycles. The number of carbonyl (C=O) groups is 1. The third kappa shape index (κ3) is 1.93. The molecule has 1 amide bonds. The SMILES string of the molecule is Cc1[nH]nc2c1[C@@H](c1cc(C(C)C)no1)CC(=O)N2. The Morgan fingerprint density at radius 2 is 2.26 bits per heavy atom. The molecule has 19 heavy (non-hydrogen) atoms. The van der Waals surface area contributed by atoms with Crippen LogP contribution >= 0.6 is 0 Å². The predicted octanol–water partition coefficient (Wildman–Crippen LogP) is 2.30. The summed E-state index contributed by atoms with van der Waals surface area (Å²) in [6.07, 6.45) is 0.361. The lowest BCUT2D eigenvalue weighted by molar-refractivity contribution is -0.116. The summed E-state index contributed by atoms with van der Waals surface area (Å²) in [6, 6.07) is 1.93. The van der Waals surface area contributed by atoms with Gasteiger partial charge >= 0.3 is 0 Å². The topological polar surface area (TPSA) is 83.8 Å². The molecule has 0 saturated heterocycles. The smallest absolute Gasteiger partial charge is 0.226 e. The van der Waals surface area contributed by atoms with Crippen molar-refractivity contribution in [2.24, 2.45) is 0 Å². The quantitative estimate of drug-likeness (QED) is 0.867. The highest BCUT2D eigenvalue weighted by molar-refractivity contribution is 5.94. The highest BCUT2D eigenvalue weighted by atomic mass is 16.5. The molecule has 0 spiro atoms. The third-order valence-corrected chi connectivity index (χ3v) is 3.47. The lowest BCUT2D eigenvalue weighted by Crippen LogP contribution is -2.23. The molecule has 2 aromatic rings. The molecular weight excluding hydrogens is 244 g/mol. The van der Waals surface area contributed by atoms with Crippen molar-refractivity contribution in [2.75, 3.05) is 5.32 Å². The molecule has 0 saturated carbocycles. The zero-order valence-corrected chi connectivity index (χ0v) is 11.2. The number of nitrogens with zero attached hydrogens (tertiary/aromatic N) is 2. The van der Waals surface area contributed by atoms with E-state index in [2.05, 4.69) is 34.5 Å². The average molecular weight is 260 g/mol. The second-order valence-corrected chi connectivity index (χ2v) is 5.22. The highest BCUT2D eigenvalue weighted by Gasteiger charge is 2.33. The van der Waals surface area contributed by atoms with E-state index in [1.807, 2.05) is 13.0 Å². The maximum atomic E-state index is 11.7. The van der Waals surface area contributed by atoms with E-state index >= 15 is 0 Å². The van der Waals surface area contributed by atoms with Gasteiger partial charge in [-0.05, 0) is 12.8 Å². The van der Waals surface area contributed by atoms with Crippen molar-refractivity contribution in [3.63, 3.8) is 0 Å². The number of hydrogen-bond donors (Lipinski definition) is 2. The first kappa shape index (κ1) is 12.0. The van der Waals surface area contributed by atoms with Crippen LogP contribution in [-0.2, 0) is 4.79 Å². The number of aromatic amines is 1. The fourth-order valence-electron chi connectivity index (χ4n) is 2.41. The molecule has 0 bridgehead atoms. The summed E-state index contributed by atoms with van der Waals surface area (Å²) < 4.78 is 5.42. The van der Waals surface area contributed by atoms with E-state index in [0.717, 1.165) is 22.7 Å². The summed E-state index contributed by atoms with van der Waals surface area (Å²) >= 11 is 0. The molecule has 2 aromatic heterocycles. The van der Waals surface area contributed by atoms with Crippen LogP contribution in [0.4, 0.5) is 5.82 Å². The van der Waals surface area contributed by atoms with Crippen LogP contribution in [0.2, 0.25) is 0 Å². The molecule has 100 valence electrons. The number of carbonyl (C=O) groups excluding carboxylic acids is 1. The van der Waals surface area contributed by atoms with Gasteiger partial charge in [0.05, 0.1) is 11.6 Å². The fraction of sp³-hybridized carbons (Fsp3) is 0.462. The van der Waals surface area contributed by atoms with Crippen LogP contribution in [0.25, 0.3) is 0 Å². The van der Waals surface area contributed by atoms with Crippen molar-refractivity contribution in [1.82, 2.24) is 15.4 Å². The molecule has 3 rings (SSSR count). The molecular formula is C13H16N4O2. The number of fused-ring (bicyclic) bond motifs is 1.